The van der Waals surface area contributed by atoms with Crippen LogP contribution in [-0.2, 0) is 4.79 Å². The maximum atomic E-state index is 12.1. The molecule has 2 aromatic rings. The Balaban J connectivity index is 1.71. The highest BCUT2D eigenvalue weighted by Crippen LogP contribution is 2.17. The van der Waals surface area contributed by atoms with Gasteiger partial charge in [0.05, 0.1) is 12.6 Å². The van der Waals surface area contributed by atoms with Crippen molar-refractivity contribution in [2.45, 2.75) is 13.0 Å². The smallest absolute Gasteiger partial charge is 0.234 e. The quantitative estimate of drug-likeness (QED) is 0.795. The van der Waals surface area contributed by atoms with Crippen LogP contribution in [0.4, 0.5) is 0 Å². The first kappa shape index (κ1) is 18.3. The molecule has 2 aromatic carbocycles. The lowest BCUT2D eigenvalue weighted by atomic mass is 10.1. The molecule has 1 amide bonds. The zero-order valence-electron chi connectivity index (χ0n) is 14.0. The van der Waals surface area contributed by atoms with E-state index in [0.717, 1.165) is 11.3 Å². The van der Waals surface area contributed by atoms with Crippen molar-refractivity contribution in [1.82, 2.24) is 10.2 Å². The minimum Gasteiger partial charge on any atom is -0.492 e. The van der Waals surface area contributed by atoms with Crippen molar-refractivity contribution in [2.75, 3.05) is 26.7 Å². The van der Waals surface area contributed by atoms with Gasteiger partial charge in [0, 0.05) is 11.6 Å². The van der Waals surface area contributed by atoms with Crippen LogP contribution in [0, 0.1) is 0 Å². The van der Waals surface area contributed by atoms with Crippen LogP contribution >= 0.6 is 11.6 Å². The normalized spacial score (nSPS) is 12.0. The van der Waals surface area contributed by atoms with E-state index < -0.39 is 0 Å². The van der Waals surface area contributed by atoms with E-state index in [1.54, 1.807) is 0 Å². The van der Waals surface area contributed by atoms with Crippen molar-refractivity contribution in [3.8, 4) is 5.75 Å². The third-order valence-electron chi connectivity index (χ3n) is 3.62. The first-order valence-corrected chi connectivity index (χ1v) is 8.33. The molecule has 0 aliphatic rings. The van der Waals surface area contributed by atoms with E-state index in [1.807, 2.05) is 73.5 Å². The van der Waals surface area contributed by atoms with Crippen LogP contribution in [0.1, 0.15) is 18.5 Å². The van der Waals surface area contributed by atoms with E-state index in [-0.39, 0.29) is 11.9 Å². The van der Waals surface area contributed by atoms with Gasteiger partial charge in [0.2, 0.25) is 5.91 Å². The molecule has 0 heterocycles. The summed E-state index contributed by atoms with van der Waals surface area (Å²) in [4.78, 5) is 14.1. The molecule has 4 nitrogen and oxygen atoms in total. The third kappa shape index (κ3) is 6.22. The van der Waals surface area contributed by atoms with Gasteiger partial charge in [0.1, 0.15) is 12.4 Å². The Morgan fingerprint density at radius 3 is 2.67 bits per heavy atom. The SMILES string of the molecule is C[C@@H](NC(=O)CN(C)CCOc1ccccc1)c1cccc(Cl)c1. The van der Waals surface area contributed by atoms with Gasteiger partial charge in [-0.2, -0.15) is 0 Å². The fourth-order valence-corrected chi connectivity index (χ4v) is 2.51. The van der Waals surface area contributed by atoms with Crippen molar-refractivity contribution in [1.29, 1.82) is 0 Å². The number of benzene rings is 2. The monoisotopic (exact) mass is 346 g/mol. The number of likely N-dealkylation sites (N-methyl/N-ethyl adjacent to an activating group) is 1. The van der Waals surface area contributed by atoms with Gasteiger partial charge in [0.15, 0.2) is 0 Å². The molecule has 2 rings (SSSR count). The molecular formula is C19H23ClN2O2. The summed E-state index contributed by atoms with van der Waals surface area (Å²) in [7, 11) is 1.90. The minimum atomic E-state index is -0.0785. The largest absolute Gasteiger partial charge is 0.492 e. The number of halogens is 1. The van der Waals surface area contributed by atoms with Crippen LogP contribution in [0.2, 0.25) is 5.02 Å². The summed E-state index contributed by atoms with van der Waals surface area (Å²) in [5.74, 6) is 0.814. The Labute approximate surface area is 148 Å². The Morgan fingerprint density at radius 1 is 1.21 bits per heavy atom. The lowest BCUT2D eigenvalue weighted by Gasteiger charge is -2.19. The molecule has 128 valence electrons. The number of hydrogen-bond donors (Lipinski definition) is 1. The van der Waals surface area contributed by atoms with E-state index in [4.69, 9.17) is 16.3 Å². The molecule has 0 saturated heterocycles. The van der Waals surface area contributed by atoms with E-state index in [9.17, 15) is 4.79 Å². The predicted octanol–water partition coefficient (Wildman–Crippen LogP) is 3.53. The van der Waals surface area contributed by atoms with Crippen LogP contribution in [0.3, 0.4) is 0 Å². The molecule has 24 heavy (non-hydrogen) atoms. The molecule has 0 spiro atoms. The number of carbonyl (C=O) groups excluding carboxylic acids is 1. The van der Waals surface area contributed by atoms with E-state index in [0.29, 0.717) is 24.7 Å². The highest BCUT2D eigenvalue weighted by atomic mass is 35.5. The van der Waals surface area contributed by atoms with Crippen LogP contribution in [0.25, 0.3) is 0 Å². The molecule has 5 heteroatoms. The van der Waals surface area contributed by atoms with Crippen molar-refractivity contribution < 1.29 is 9.53 Å². The zero-order chi connectivity index (χ0) is 17.4. The molecule has 0 bridgehead atoms. The second kappa shape index (κ2) is 9.30. The van der Waals surface area contributed by atoms with E-state index in [1.165, 1.54) is 0 Å². The standard InChI is InChI=1S/C19H23ClN2O2/c1-15(16-7-6-8-17(20)13-16)21-19(23)14-22(2)11-12-24-18-9-4-3-5-10-18/h3-10,13,15H,11-12,14H2,1-2H3,(H,21,23)/t15-/m1/s1. The lowest BCUT2D eigenvalue weighted by Crippen LogP contribution is -2.38. The Bertz CT molecular complexity index is 649. The van der Waals surface area contributed by atoms with Crippen LogP contribution in [0.5, 0.6) is 5.75 Å². The van der Waals surface area contributed by atoms with Crippen molar-refractivity contribution in [3.63, 3.8) is 0 Å². The molecule has 1 N–H and O–H groups in total. The minimum absolute atomic E-state index is 0.0234. The number of nitrogens with zero attached hydrogens (tertiary/aromatic N) is 1. The van der Waals surface area contributed by atoms with E-state index in [2.05, 4.69) is 5.32 Å². The summed E-state index contributed by atoms with van der Waals surface area (Å²) in [6, 6.07) is 17.1. The summed E-state index contributed by atoms with van der Waals surface area (Å²) in [6.45, 7) is 3.48. The number of rotatable bonds is 8. The van der Waals surface area contributed by atoms with Crippen molar-refractivity contribution in [2.24, 2.45) is 0 Å². The summed E-state index contributed by atoms with van der Waals surface area (Å²) >= 11 is 5.98. The number of ether oxygens (including phenoxy) is 1. The molecule has 0 unspecified atom stereocenters. The van der Waals surface area contributed by atoms with Crippen LogP contribution in [0.15, 0.2) is 54.6 Å². The summed E-state index contributed by atoms with van der Waals surface area (Å²) in [5, 5.41) is 3.65. The van der Waals surface area contributed by atoms with Gasteiger partial charge in [-0.3, -0.25) is 9.69 Å². The fourth-order valence-electron chi connectivity index (χ4n) is 2.31. The highest BCUT2D eigenvalue weighted by molar-refractivity contribution is 6.30. The van der Waals surface area contributed by atoms with Gasteiger partial charge in [0.25, 0.3) is 0 Å². The van der Waals surface area contributed by atoms with Crippen LogP contribution in [-0.4, -0.2) is 37.6 Å². The van der Waals surface area contributed by atoms with E-state index >= 15 is 0 Å². The van der Waals surface area contributed by atoms with Gasteiger partial charge in [-0.25, -0.2) is 0 Å². The number of para-hydroxylation sites is 1. The molecule has 0 aliphatic heterocycles. The number of hydrogen-bond acceptors (Lipinski definition) is 3. The second-order valence-electron chi connectivity index (χ2n) is 5.74. The number of nitrogens with one attached hydrogen (secondary N) is 1. The van der Waals surface area contributed by atoms with Gasteiger partial charge in [-0.05, 0) is 43.8 Å². The average molecular weight is 347 g/mol. The highest BCUT2D eigenvalue weighted by Gasteiger charge is 2.12. The Kier molecular flexibility index (Phi) is 7.09. The molecular weight excluding hydrogens is 324 g/mol. The topological polar surface area (TPSA) is 41.6 Å². The Morgan fingerprint density at radius 2 is 1.96 bits per heavy atom. The van der Waals surface area contributed by atoms with Gasteiger partial charge >= 0.3 is 0 Å². The third-order valence-corrected chi connectivity index (χ3v) is 3.86. The molecule has 0 aromatic heterocycles. The summed E-state index contributed by atoms with van der Waals surface area (Å²) in [6.07, 6.45) is 0. The number of carbonyl (C=O) groups is 1. The molecule has 0 fully saturated rings. The molecule has 1 atom stereocenters. The fraction of sp³-hybridized carbons (Fsp3) is 0.316. The molecule has 0 radical (unpaired) electrons. The van der Waals surface area contributed by atoms with Crippen molar-refractivity contribution in [3.05, 3.63) is 65.2 Å². The second-order valence-corrected chi connectivity index (χ2v) is 6.18. The van der Waals surface area contributed by atoms with Gasteiger partial charge in [-0.1, -0.05) is 41.9 Å². The summed E-state index contributed by atoms with van der Waals surface area (Å²) < 4.78 is 5.63. The summed E-state index contributed by atoms with van der Waals surface area (Å²) in [5.41, 5.74) is 0.992. The average Bonchev–Trinajstić information content (AvgIpc) is 2.55. The van der Waals surface area contributed by atoms with Gasteiger partial charge in [-0.15, -0.1) is 0 Å². The first-order chi connectivity index (χ1) is 11.5. The maximum absolute atomic E-state index is 12.1. The van der Waals surface area contributed by atoms with Crippen LogP contribution < -0.4 is 10.1 Å². The number of amides is 1. The Hall–Kier alpha value is -2.04. The van der Waals surface area contributed by atoms with Gasteiger partial charge < -0.3 is 10.1 Å². The first-order valence-electron chi connectivity index (χ1n) is 7.96. The molecule has 0 aliphatic carbocycles. The lowest BCUT2D eigenvalue weighted by molar-refractivity contribution is -0.122. The predicted molar refractivity (Wildman–Crippen MR) is 97.4 cm³/mol. The zero-order valence-corrected chi connectivity index (χ0v) is 14.8. The maximum Gasteiger partial charge on any atom is 0.234 e. The molecule has 0 saturated carbocycles. The van der Waals surface area contributed by atoms with Crippen molar-refractivity contribution >= 4 is 17.5 Å².